The fourth-order valence-electron chi connectivity index (χ4n) is 6.22. The Morgan fingerprint density at radius 1 is 1.00 bits per heavy atom. The van der Waals surface area contributed by atoms with E-state index in [9.17, 15) is 27.3 Å². The normalized spacial score (nSPS) is 26.7. The van der Waals surface area contributed by atoms with E-state index >= 15 is 0 Å². The van der Waals surface area contributed by atoms with Gasteiger partial charge in [0.15, 0.2) is 9.84 Å². The van der Waals surface area contributed by atoms with Gasteiger partial charge < -0.3 is 19.5 Å². The lowest BCUT2D eigenvalue weighted by atomic mass is 9.76. The molecule has 41 heavy (non-hydrogen) atoms. The standard InChI is InChI=1S/C29H35F2N5O4S/c30-29(31)11-13-36(14-12-29)27-33-24(20-5-7-21(8-6-20)35-15-17-41(38,39)18-16-35)25(40-27)22-3-1-2-4-23(22)26(37)34-28(19-32)9-10-28/h5-8,22-23H,1-4,9-18H2,(H,34,37)/t22-,23-/m1/s1. The molecular weight excluding hydrogens is 552 g/mol. The summed E-state index contributed by atoms with van der Waals surface area (Å²) in [6, 6.07) is 10.2. The van der Waals surface area contributed by atoms with E-state index in [1.165, 1.54) is 0 Å². The minimum absolute atomic E-state index is 0.124. The lowest BCUT2D eigenvalue weighted by Gasteiger charge is -2.31. The summed E-state index contributed by atoms with van der Waals surface area (Å²) in [5, 5.41) is 12.5. The largest absolute Gasteiger partial charge is 0.428 e. The molecule has 2 saturated heterocycles. The predicted molar refractivity (Wildman–Crippen MR) is 150 cm³/mol. The molecular formula is C29H35F2N5O4S. The van der Waals surface area contributed by atoms with E-state index in [4.69, 9.17) is 9.40 Å². The van der Waals surface area contributed by atoms with Gasteiger partial charge in [0.1, 0.15) is 17.0 Å². The number of sulfone groups is 1. The first kappa shape index (κ1) is 27.9. The zero-order valence-corrected chi connectivity index (χ0v) is 23.8. The number of halogens is 2. The fourth-order valence-corrected chi connectivity index (χ4v) is 7.42. The van der Waals surface area contributed by atoms with Crippen LogP contribution in [0.5, 0.6) is 0 Å². The number of carbonyl (C=O) groups is 1. The molecule has 0 spiro atoms. The number of amides is 1. The van der Waals surface area contributed by atoms with Crippen molar-refractivity contribution in [3.8, 4) is 17.3 Å². The van der Waals surface area contributed by atoms with E-state index in [2.05, 4.69) is 11.4 Å². The molecule has 0 bridgehead atoms. The van der Waals surface area contributed by atoms with Crippen molar-refractivity contribution in [3.63, 3.8) is 0 Å². The van der Waals surface area contributed by atoms with Gasteiger partial charge >= 0.3 is 0 Å². The molecule has 2 atom stereocenters. The maximum absolute atomic E-state index is 13.9. The minimum atomic E-state index is -3.00. The molecule has 0 unspecified atom stereocenters. The summed E-state index contributed by atoms with van der Waals surface area (Å²) < 4.78 is 57.9. The Morgan fingerprint density at radius 2 is 1.66 bits per heavy atom. The Kier molecular flexibility index (Phi) is 7.20. The second-order valence-electron chi connectivity index (χ2n) is 11.9. The Labute approximate surface area is 238 Å². The second kappa shape index (κ2) is 10.6. The van der Waals surface area contributed by atoms with Crippen LogP contribution in [0.1, 0.15) is 63.0 Å². The number of piperidine rings is 1. The van der Waals surface area contributed by atoms with E-state index in [0.717, 1.165) is 30.5 Å². The number of benzene rings is 1. The van der Waals surface area contributed by atoms with Gasteiger partial charge in [0, 0.05) is 62.1 Å². The fraction of sp³-hybridized carbons (Fsp3) is 0.621. The van der Waals surface area contributed by atoms with Crippen molar-refractivity contribution in [3.05, 3.63) is 30.0 Å². The number of rotatable bonds is 6. The predicted octanol–water partition coefficient (Wildman–Crippen LogP) is 4.26. The van der Waals surface area contributed by atoms with Crippen molar-refractivity contribution in [2.24, 2.45) is 5.92 Å². The molecule has 220 valence electrons. The van der Waals surface area contributed by atoms with Gasteiger partial charge in [0.25, 0.3) is 11.9 Å². The second-order valence-corrected chi connectivity index (χ2v) is 14.2. The molecule has 0 radical (unpaired) electrons. The van der Waals surface area contributed by atoms with E-state index < -0.39 is 21.3 Å². The van der Waals surface area contributed by atoms with Crippen LogP contribution in [-0.4, -0.2) is 68.5 Å². The smallest absolute Gasteiger partial charge is 0.298 e. The van der Waals surface area contributed by atoms with Crippen LogP contribution in [0.25, 0.3) is 11.3 Å². The Morgan fingerprint density at radius 3 is 2.29 bits per heavy atom. The number of nitriles is 1. The number of nitrogens with zero attached hydrogens (tertiary/aromatic N) is 4. The average Bonchev–Trinajstić information content (AvgIpc) is 3.60. The van der Waals surface area contributed by atoms with Crippen molar-refractivity contribution >= 4 is 27.4 Å². The molecule has 1 aromatic heterocycles. The van der Waals surface area contributed by atoms with Crippen LogP contribution in [0.15, 0.2) is 28.7 Å². The summed E-state index contributed by atoms with van der Waals surface area (Å²) in [6.45, 7) is 1.12. The molecule has 2 aliphatic heterocycles. The summed E-state index contributed by atoms with van der Waals surface area (Å²) in [5.74, 6) is -2.66. The van der Waals surface area contributed by atoms with Gasteiger partial charge in [0.05, 0.1) is 17.6 Å². The minimum Gasteiger partial charge on any atom is -0.428 e. The van der Waals surface area contributed by atoms with Gasteiger partial charge in [-0.05, 0) is 37.8 Å². The van der Waals surface area contributed by atoms with Crippen LogP contribution < -0.4 is 15.1 Å². The summed E-state index contributed by atoms with van der Waals surface area (Å²) in [6.07, 6.45) is 3.96. The highest BCUT2D eigenvalue weighted by Gasteiger charge is 2.47. The molecule has 2 aliphatic carbocycles. The van der Waals surface area contributed by atoms with Crippen LogP contribution in [0, 0.1) is 17.2 Å². The Bertz CT molecular complexity index is 1420. The first-order chi connectivity index (χ1) is 19.6. The Balaban J connectivity index is 1.31. The quantitative estimate of drug-likeness (QED) is 0.533. The number of hydrogen-bond acceptors (Lipinski definition) is 8. The number of carbonyl (C=O) groups excluding carboxylic acids is 1. The molecule has 6 rings (SSSR count). The van der Waals surface area contributed by atoms with Crippen molar-refractivity contribution in [1.82, 2.24) is 10.3 Å². The third-order valence-corrected chi connectivity index (χ3v) is 10.6. The number of oxazole rings is 1. The van der Waals surface area contributed by atoms with Crippen LogP contribution in [0.3, 0.4) is 0 Å². The van der Waals surface area contributed by atoms with E-state index in [1.54, 1.807) is 4.90 Å². The third kappa shape index (κ3) is 5.92. The SMILES string of the molecule is N#CC1(NC(=O)[C@@H]2CCCC[C@H]2c2oc(N3CCC(F)(F)CC3)nc2-c2ccc(N3CCS(=O)(=O)CC3)cc2)CC1. The van der Waals surface area contributed by atoms with Gasteiger partial charge in [0.2, 0.25) is 5.91 Å². The topological polar surface area (TPSA) is 120 Å². The highest BCUT2D eigenvalue weighted by Crippen LogP contribution is 2.45. The molecule has 4 aliphatic rings. The number of hydrogen-bond donors (Lipinski definition) is 1. The molecule has 9 nitrogen and oxygen atoms in total. The molecule has 2 aromatic rings. The highest BCUT2D eigenvalue weighted by atomic mass is 32.2. The van der Waals surface area contributed by atoms with Crippen LogP contribution in [-0.2, 0) is 14.6 Å². The number of aromatic nitrogens is 1. The zero-order valence-electron chi connectivity index (χ0n) is 22.9. The molecule has 12 heteroatoms. The lowest BCUT2D eigenvalue weighted by molar-refractivity contribution is -0.127. The van der Waals surface area contributed by atoms with E-state index in [-0.39, 0.29) is 61.2 Å². The van der Waals surface area contributed by atoms with Gasteiger partial charge in [-0.1, -0.05) is 25.0 Å². The van der Waals surface area contributed by atoms with Crippen molar-refractivity contribution in [2.45, 2.75) is 68.7 Å². The van der Waals surface area contributed by atoms with Crippen molar-refractivity contribution in [2.75, 3.05) is 47.5 Å². The first-order valence-corrected chi connectivity index (χ1v) is 16.3. The van der Waals surface area contributed by atoms with Gasteiger partial charge in [-0.25, -0.2) is 17.2 Å². The lowest BCUT2D eigenvalue weighted by Crippen LogP contribution is -2.42. The molecule has 1 N–H and O–H groups in total. The van der Waals surface area contributed by atoms with Crippen LogP contribution >= 0.6 is 0 Å². The molecule has 2 saturated carbocycles. The summed E-state index contributed by atoms with van der Waals surface area (Å²) >= 11 is 0. The van der Waals surface area contributed by atoms with Crippen LogP contribution in [0.2, 0.25) is 0 Å². The van der Waals surface area contributed by atoms with E-state index in [0.29, 0.717) is 43.8 Å². The molecule has 4 fully saturated rings. The maximum atomic E-state index is 13.9. The molecule has 3 heterocycles. The Hall–Kier alpha value is -3.20. The number of alkyl halides is 2. The summed E-state index contributed by atoms with van der Waals surface area (Å²) in [5.41, 5.74) is 1.52. The van der Waals surface area contributed by atoms with Gasteiger partial charge in [-0.3, -0.25) is 4.79 Å². The number of nitrogens with one attached hydrogen (secondary N) is 1. The third-order valence-electron chi connectivity index (χ3n) is 9.02. The number of anilines is 2. The molecule has 1 aromatic carbocycles. The monoisotopic (exact) mass is 587 g/mol. The van der Waals surface area contributed by atoms with Crippen molar-refractivity contribution in [1.29, 1.82) is 5.26 Å². The molecule has 1 amide bonds. The summed E-state index contributed by atoms with van der Waals surface area (Å²) in [7, 11) is -3.00. The zero-order chi connectivity index (χ0) is 28.8. The van der Waals surface area contributed by atoms with Crippen molar-refractivity contribution < 1.29 is 26.4 Å². The summed E-state index contributed by atoms with van der Waals surface area (Å²) in [4.78, 5) is 22.0. The van der Waals surface area contributed by atoms with E-state index in [1.807, 2.05) is 29.2 Å². The maximum Gasteiger partial charge on any atom is 0.298 e. The van der Waals surface area contributed by atoms with Gasteiger partial charge in [-0.2, -0.15) is 10.2 Å². The van der Waals surface area contributed by atoms with Crippen LogP contribution in [0.4, 0.5) is 20.5 Å². The average molecular weight is 588 g/mol. The highest BCUT2D eigenvalue weighted by molar-refractivity contribution is 7.91. The van der Waals surface area contributed by atoms with Gasteiger partial charge in [-0.15, -0.1) is 0 Å². The first-order valence-electron chi connectivity index (χ1n) is 14.5.